The van der Waals surface area contributed by atoms with Crippen LogP contribution in [0.25, 0.3) is 0 Å². The third-order valence-electron chi connectivity index (χ3n) is 2.95. The van der Waals surface area contributed by atoms with Gasteiger partial charge in [-0.1, -0.05) is 5.21 Å². The van der Waals surface area contributed by atoms with Crippen LogP contribution in [-0.4, -0.2) is 38.9 Å². The molecule has 1 aromatic rings. The monoisotopic (exact) mass is 237 g/mol. The molecule has 0 aromatic carbocycles. The molecular formula is C11H19N5O. The van der Waals surface area contributed by atoms with E-state index in [2.05, 4.69) is 10.3 Å². The molecule has 1 aromatic heterocycles. The van der Waals surface area contributed by atoms with E-state index < -0.39 is 5.54 Å². The standard InChI is InChI=1S/C11H19N5O/c1-11(2,12)9-7-16(14-13-9)8-10(17)15-5-3-4-6-15/h7H,3-6,8,12H2,1-2H3. The minimum absolute atomic E-state index is 0.105. The first-order chi connectivity index (χ1) is 7.97. The second-order valence-electron chi connectivity index (χ2n) is 5.11. The Morgan fingerprint density at radius 2 is 2.12 bits per heavy atom. The Morgan fingerprint density at radius 3 is 2.65 bits per heavy atom. The third-order valence-corrected chi connectivity index (χ3v) is 2.95. The Labute approximate surface area is 101 Å². The summed E-state index contributed by atoms with van der Waals surface area (Å²) in [5, 5.41) is 7.92. The summed E-state index contributed by atoms with van der Waals surface area (Å²) < 4.78 is 1.56. The topological polar surface area (TPSA) is 77.0 Å². The van der Waals surface area contributed by atoms with Crippen LogP contribution in [-0.2, 0) is 16.9 Å². The second kappa shape index (κ2) is 4.44. The molecule has 1 fully saturated rings. The molecule has 6 nitrogen and oxygen atoms in total. The number of likely N-dealkylation sites (tertiary alicyclic amines) is 1. The normalized spacial score (nSPS) is 16.5. The maximum Gasteiger partial charge on any atom is 0.244 e. The van der Waals surface area contributed by atoms with E-state index in [1.165, 1.54) is 0 Å². The van der Waals surface area contributed by atoms with Gasteiger partial charge in [-0.25, -0.2) is 4.68 Å². The predicted molar refractivity (Wildman–Crippen MR) is 63.0 cm³/mol. The van der Waals surface area contributed by atoms with Gasteiger partial charge in [0.15, 0.2) is 0 Å². The summed E-state index contributed by atoms with van der Waals surface area (Å²) in [5.41, 5.74) is 6.09. The van der Waals surface area contributed by atoms with Gasteiger partial charge in [0.1, 0.15) is 12.2 Å². The summed E-state index contributed by atoms with van der Waals surface area (Å²) in [6, 6.07) is 0. The molecule has 17 heavy (non-hydrogen) atoms. The van der Waals surface area contributed by atoms with Crippen LogP contribution in [0, 0.1) is 0 Å². The summed E-state index contributed by atoms with van der Waals surface area (Å²) in [4.78, 5) is 13.7. The fourth-order valence-electron chi connectivity index (χ4n) is 1.88. The number of amides is 1. The number of carbonyl (C=O) groups is 1. The van der Waals surface area contributed by atoms with Gasteiger partial charge in [0, 0.05) is 13.1 Å². The van der Waals surface area contributed by atoms with Crippen LogP contribution in [0.5, 0.6) is 0 Å². The lowest BCUT2D eigenvalue weighted by molar-refractivity contribution is -0.130. The van der Waals surface area contributed by atoms with Gasteiger partial charge in [0.2, 0.25) is 5.91 Å². The quantitative estimate of drug-likeness (QED) is 0.808. The Bertz CT molecular complexity index is 400. The van der Waals surface area contributed by atoms with Crippen molar-refractivity contribution in [3.63, 3.8) is 0 Å². The molecule has 0 unspecified atom stereocenters. The molecule has 1 amide bonds. The molecule has 6 heteroatoms. The molecule has 0 radical (unpaired) electrons. The zero-order valence-corrected chi connectivity index (χ0v) is 10.4. The summed E-state index contributed by atoms with van der Waals surface area (Å²) in [6.45, 7) is 5.71. The molecule has 0 saturated carbocycles. The molecule has 94 valence electrons. The van der Waals surface area contributed by atoms with E-state index in [0.29, 0.717) is 5.69 Å². The Hall–Kier alpha value is -1.43. The maximum absolute atomic E-state index is 11.9. The van der Waals surface area contributed by atoms with Crippen molar-refractivity contribution in [2.24, 2.45) is 5.73 Å². The number of rotatable bonds is 3. The lowest BCUT2D eigenvalue weighted by Crippen LogP contribution is -2.31. The van der Waals surface area contributed by atoms with E-state index in [9.17, 15) is 4.79 Å². The lowest BCUT2D eigenvalue weighted by atomic mass is 10.0. The molecular weight excluding hydrogens is 218 g/mol. The molecule has 2 N–H and O–H groups in total. The highest BCUT2D eigenvalue weighted by atomic mass is 16.2. The van der Waals surface area contributed by atoms with Crippen molar-refractivity contribution in [1.29, 1.82) is 0 Å². The lowest BCUT2D eigenvalue weighted by Gasteiger charge is -2.15. The SMILES string of the molecule is CC(C)(N)c1cn(CC(=O)N2CCCC2)nn1. The zero-order chi connectivity index (χ0) is 12.5. The van der Waals surface area contributed by atoms with Crippen molar-refractivity contribution in [2.45, 2.75) is 38.8 Å². The fraction of sp³-hybridized carbons (Fsp3) is 0.727. The Morgan fingerprint density at radius 1 is 1.47 bits per heavy atom. The predicted octanol–water partition coefficient (Wildman–Crippen LogP) is 0.0943. The van der Waals surface area contributed by atoms with E-state index >= 15 is 0 Å². The van der Waals surface area contributed by atoms with Gasteiger partial charge < -0.3 is 10.6 Å². The first-order valence-electron chi connectivity index (χ1n) is 5.94. The van der Waals surface area contributed by atoms with Gasteiger partial charge in [-0.05, 0) is 26.7 Å². The van der Waals surface area contributed by atoms with Gasteiger partial charge in [-0.2, -0.15) is 0 Å². The number of hydrogen-bond acceptors (Lipinski definition) is 4. The van der Waals surface area contributed by atoms with Gasteiger partial charge in [0.25, 0.3) is 0 Å². The molecule has 0 bridgehead atoms. The summed E-state index contributed by atoms with van der Waals surface area (Å²) >= 11 is 0. The molecule has 2 heterocycles. The molecule has 1 saturated heterocycles. The van der Waals surface area contributed by atoms with Crippen molar-refractivity contribution in [3.8, 4) is 0 Å². The van der Waals surface area contributed by atoms with Crippen molar-refractivity contribution < 1.29 is 4.79 Å². The smallest absolute Gasteiger partial charge is 0.244 e. The van der Waals surface area contributed by atoms with Gasteiger partial charge in [-0.3, -0.25) is 4.79 Å². The average Bonchev–Trinajstić information content (AvgIpc) is 2.85. The summed E-state index contributed by atoms with van der Waals surface area (Å²) in [7, 11) is 0. The maximum atomic E-state index is 11.9. The first kappa shape index (κ1) is 12.0. The fourth-order valence-corrected chi connectivity index (χ4v) is 1.88. The van der Waals surface area contributed by atoms with Gasteiger partial charge in [-0.15, -0.1) is 5.10 Å². The molecule has 0 aliphatic carbocycles. The zero-order valence-electron chi connectivity index (χ0n) is 10.4. The van der Waals surface area contributed by atoms with E-state index in [0.717, 1.165) is 25.9 Å². The molecule has 0 atom stereocenters. The second-order valence-corrected chi connectivity index (χ2v) is 5.11. The highest BCUT2D eigenvalue weighted by Crippen LogP contribution is 2.13. The van der Waals surface area contributed by atoms with E-state index in [1.807, 2.05) is 18.7 Å². The van der Waals surface area contributed by atoms with Crippen molar-refractivity contribution in [3.05, 3.63) is 11.9 Å². The van der Waals surface area contributed by atoms with Crippen molar-refractivity contribution >= 4 is 5.91 Å². The highest BCUT2D eigenvalue weighted by molar-refractivity contribution is 5.76. The number of carbonyl (C=O) groups excluding carboxylic acids is 1. The minimum Gasteiger partial charge on any atom is -0.341 e. The van der Waals surface area contributed by atoms with E-state index in [-0.39, 0.29) is 12.5 Å². The Kier molecular flexibility index (Phi) is 3.15. The van der Waals surface area contributed by atoms with Crippen molar-refractivity contribution in [1.82, 2.24) is 19.9 Å². The van der Waals surface area contributed by atoms with Crippen LogP contribution < -0.4 is 5.73 Å². The number of hydrogen-bond donors (Lipinski definition) is 1. The minimum atomic E-state index is -0.519. The average molecular weight is 237 g/mol. The molecule has 2 rings (SSSR count). The van der Waals surface area contributed by atoms with Crippen LogP contribution in [0.15, 0.2) is 6.20 Å². The van der Waals surface area contributed by atoms with Crippen LogP contribution in [0.4, 0.5) is 0 Å². The number of nitrogens with two attached hydrogens (primary N) is 1. The molecule has 1 aliphatic heterocycles. The van der Waals surface area contributed by atoms with E-state index in [4.69, 9.17) is 5.73 Å². The van der Waals surface area contributed by atoms with Crippen LogP contribution in [0.2, 0.25) is 0 Å². The summed E-state index contributed by atoms with van der Waals surface area (Å²) in [5.74, 6) is 0.105. The third kappa shape index (κ3) is 2.82. The molecule has 1 aliphatic rings. The molecule has 0 spiro atoms. The highest BCUT2D eigenvalue weighted by Gasteiger charge is 2.21. The van der Waals surface area contributed by atoms with Crippen LogP contribution >= 0.6 is 0 Å². The first-order valence-corrected chi connectivity index (χ1v) is 5.94. The van der Waals surface area contributed by atoms with Crippen LogP contribution in [0.1, 0.15) is 32.4 Å². The number of nitrogens with zero attached hydrogens (tertiary/aromatic N) is 4. The number of aromatic nitrogens is 3. The van der Waals surface area contributed by atoms with Crippen LogP contribution in [0.3, 0.4) is 0 Å². The van der Waals surface area contributed by atoms with E-state index in [1.54, 1.807) is 10.9 Å². The van der Waals surface area contributed by atoms with Gasteiger partial charge >= 0.3 is 0 Å². The summed E-state index contributed by atoms with van der Waals surface area (Å²) in [6.07, 6.45) is 3.95. The van der Waals surface area contributed by atoms with Gasteiger partial charge in [0.05, 0.1) is 11.7 Å². The Balaban J connectivity index is 1.99. The largest absolute Gasteiger partial charge is 0.341 e. The van der Waals surface area contributed by atoms with Crippen molar-refractivity contribution in [2.75, 3.05) is 13.1 Å².